The fourth-order valence-electron chi connectivity index (χ4n) is 3.61. The first-order chi connectivity index (χ1) is 15.4. The first-order valence-electron chi connectivity index (χ1n) is 10.6. The van der Waals surface area contributed by atoms with Crippen molar-refractivity contribution in [3.8, 4) is 11.1 Å². The Hall–Kier alpha value is -2.98. The van der Waals surface area contributed by atoms with Gasteiger partial charge < -0.3 is 9.41 Å². The second-order valence-corrected chi connectivity index (χ2v) is 8.95. The smallest absolute Gasteiger partial charge is 1.00 e. The second-order valence-electron chi connectivity index (χ2n) is 7.32. The molecule has 0 atom stereocenters. The van der Waals surface area contributed by atoms with Gasteiger partial charge in [0.05, 0.1) is 0 Å². The van der Waals surface area contributed by atoms with Gasteiger partial charge in [0.25, 0.3) is 0 Å². The van der Waals surface area contributed by atoms with Gasteiger partial charge >= 0.3 is 21.7 Å². The molecule has 167 valence electrons. The van der Waals surface area contributed by atoms with Gasteiger partial charge in [-0.25, -0.2) is 12.1 Å². The van der Waals surface area contributed by atoms with Gasteiger partial charge in [0.15, 0.2) is 0 Å². The van der Waals surface area contributed by atoms with E-state index in [4.69, 9.17) is 0 Å². The van der Waals surface area contributed by atoms with Crippen LogP contribution in [0.15, 0.2) is 133 Å². The van der Waals surface area contributed by atoms with Gasteiger partial charge in [-0.15, -0.1) is 5.56 Å². The van der Waals surface area contributed by atoms with Crippen molar-refractivity contribution in [2.45, 2.75) is 6.42 Å². The quantitative estimate of drug-likeness (QED) is 0.224. The number of hydrogen-bond acceptors (Lipinski definition) is 0. The van der Waals surface area contributed by atoms with Gasteiger partial charge in [0.1, 0.15) is 9.52 Å². The number of rotatable bonds is 2. The van der Waals surface area contributed by atoms with E-state index in [2.05, 4.69) is 103 Å². The third-order valence-corrected chi connectivity index (χ3v) is 6.54. The Labute approximate surface area is 218 Å². The van der Waals surface area contributed by atoms with Crippen LogP contribution in [-0.4, -0.2) is 9.52 Å². The Kier molecular flexibility index (Phi) is 13.5. The molecule has 0 bridgehead atoms. The van der Waals surface area contributed by atoms with Gasteiger partial charge in [0.2, 0.25) is 0 Å². The third-order valence-electron chi connectivity index (χ3n) is 5.10. The van der Waals surface area contributed by atoms with Crippen molar-refractivity contribution in [3.63, 3.8) is 0 Å². The van der Waals surface area contributed by atoms with E-state index >= 15 is 0 Å². The molecular weight excluding hydrogens is 474 g/mol. The van der Waals surface area contributed by atoms with Crippen LogP contribution in [0.5, 0.6) is 0 Å². The van der Waals surface area contributed by atoms with Gasteiger partial charge in [-0.2, -0.15) is 48.0 Å². The Morgan fingerprint density at radius 2 is 1.12 bits per heavy atom. The summed E-state index contributed by atoms with van der Waals surface area (Å²) in [6.07, 6.45) is 1.05. The third kappa shape index (κ3) is 8.42. The Bertz CT molecular complexity index is 1080. The normalized spacial score (nSPS) is 9.65. The monoisotopic (exact) mass is 499 g/mol. The van der Waals surface area contributed by atoms with E-state index in [-0.39, 0.29) is 40.6 Å². The summed E-state index contributed by atoms with van der Waals surface area (Å²) in [5, 5.41) is 2.90. The van der Waals surface area contributed by atoms with Crippen LogP contribution in [0.4, 0.5) is 0 Å². The molecule has 6 rings (SSSR count). The molecule has 0 aromatic heterocycles. The Balaban J connectivity index is 0.000000264. The number of halogens is 2. The second kappa shape index (κ2) is 15.8. The van der Waals surface area contributed by atoms with E-state index < -0.39 is 0 Å². The zero-order valence-electron chi connectivity index (χ0n) is 18.7. The molecular formula is C30H25F2SiTi. The van der Waals surface area contributed by atoms with Crippen LogP contribution in [0.1, 0.15) is 11.1 Å². The van der Waals surface area contributed by atoms with Crippen molar-refractivity contribution in [1.29, 1.82) is 0 Å². The molecule has 0 saturated carbocycles. The van der Waals surface area contributed by atoms with Crippen molar-refractivity contribution in [2.75, 3.05) is 0 Å². The van der Waals surface area contributed by atoms with Gasteiger partial charge in [-0.05, 0) is 6.42 Å². The van der Waals surface area contributed by atoms with E-state index in [1.807, 2.05) is 36.4 Å². The van der Waals surface area contributed by atoms with Gasteiger partial charge in [-0.1, -0.05) is 106 Å². The summed E-state index contributed by atoms with van der Waals surface area (Å²) in [5.74, 6) is 0. The maximum Gasteiger partial charge on any atom is 4.00 e. The zero-order chi connectivity index (χ0) is 21.1. The molecule has 0 aliphatic heterocycles. The average molecular weight is 499 g/mol. The van der Waals surface area contributed by atoms with Crippen LogP contribution in [0, 0.1) is 6.07 Å². The molecule has 0 heterocycles. The molecule has 0 fully saturated rings. The Morgan fingerprint density at radius 1 is 0.588 bits per heavy atom. The topological polar surface area (TPSA) is 0 Å². The molecule has 1 aliphatic rings. The largest absolute Gasteiger partial charge is 4.00 e. The van der Waals surface area contributed by atoms with Crippen LogP contribution in [-0.2, 0) is 28.1 Å². The molecule has 0 amide bonds. The summed E-state index contributed by atoms with van der Waals surface area (Å²) in [6.45, 7) is 0. The van der Waals surface area contributed by atoms with Crippen molar-refractivity contribution < 1.29 is 31.1 Å². The minimum absolute atomic E-state index is 0. The molecule has 5 aromatic carbocycles. The molecule has 0 saturated heterocycles. The molecule has 1 aliphatic carbocycles. The number of fused-ring (bicyclic) bond motifs is 3. The minimum Gasteiger partial charge on any atom is -1.00 e. The fraction of sp³-hybridized carbons (Fsp3) is 0.0333. The van der Waals surface area contributed by atoms with Crippen LogP contribution < -0.4 is 19.8 Å². The van der Waals surface area contributed by atoms with Crippen LogP contribution in [0.2, 0.25) is 0 Å². The van der Waals surface area contributed by atoms with E-state index in [1.54, 1.807) is 0 Å². The maximum absolute atomic E-state index is 3.30. The zero-order valence-corrected chi connectivity index (χ0v) is 21.5. The molecule has 4 heteroatoms. The molecule has 1 radical (unpaired) electrons. The first-order valence-corrected chi connectivity index (χ1v) is 11.7. The number of benzene rings is 4. The van der Waals surface area contributed by atoms with Crippen LogP contribution >= 0.6 is 0 Å². The summed E-state index contributed by atoms with van der Waals surface area (Å²) in [5.41, 5.74) is 5.51. The molecule has 0 unspecified atom stereocenters. The SMILES string of the molecule is [F-].[F-].[Ti+4].[c-]1cccc2c1Cc1ccccc1-2.c1cc[cH-]c1.c1ccc([SiH]c2ccccc2)cc1. The predicted octanol–water partition coefficient (Wildman–Crippen LogP) is -0.457. The van der Waals surface area contributed by atoms with E-state index in [0.29, 0.717) is 0 Å². The van der Waals surface area contributed by atoms with Crippen molar-refractivity contribution >= 4 is 19.9 Å². The van der Waals surface area contributed by atoms with Gasteiger partial charge in [-0.3, -0.25) is 0 Å². The van der Waals surface area contributed by atoms with Crippen molar-refractivity contribution in [2.24, 2.45) is 0 Å². The van der Waals surface area contributed by atoms with E-state index in [0.717, 1.165) is 6.42 Å². The molecule has 34 heavy (non-hydrogen) atoms. The minimum atomic E-state index is 0. The maximum atomic E-state index is 3.30. The number of hydrogen-bond donors (Lipinski definition) is 0. The fourth-order valence-corrected chi connectivity index (χ4v) is 4.82. The summed E-state index contributed by atoms with van der Waals surface area (Å²) in [4.78, 5) is 0. The van der Waals surface area contributed by atoms with Crippen molar-refractivity contribution in [1.82, 2.24) is 0 Å². The predicted molar refractivity (Wildman–Crippen MR) is 135 cm³/mol. The molecule has 0 nitrogen and oxygen atoms in total. The molecule has 5 aromatic rings. The van der Waals surface area contributed by atoms with Crippen LogP contribution in [0.25, 0.3) is 11.1 Å². The Morgan fingerprint density at radius 3 is 1.68 bits per heavy atom. The van der Waals surface area contributed by atoms with Crippen molar-refractivity contribution in [3.05, 3.63) is 151 Å². The standard InChI is InChI=1S/C13H9.C12H11Si.C5H5.2FH.Ti/c1-3-7-12-10(5-1)9-11-6-2-4-8-13(11)12;1-3-7-11(8-4-1)13-12-9-5-2-6-10-12;1-2-4-5-3-1;;;/h1-5,7-8H,9H2;1-10,13H;1-5H;2*1H;/q-1;;-1;;;+4/p-2. The van der Waals surface area contributed by atoms with Gasteiger partial charge in [0, 0.05) is 0 Å². The average Bonchev–Trinajstić information content (AvgIpc) is 3.53. The van der Waals surface area contributed by atoms with Crippen LogP contribution in [0.3, 0.4) is 0 Å². The summed E-state index contributed by atoms with van der Waals surface area (Å²) in [6, 6.07) is 49.4. The van der Waals surface area contributed by atoms with E-state index in [1.165, 1.54) is 32.6 Å². The first kappa shape index (κ1) is 29.1. The summed E-state index contributed by atoms with van der Waals surface area (Å²) in [7, 11) is 0.271. The summed E-state index contributed by atoms with van der Waals surface area (Å²) >= 11 is 0. The summed E-state index contributed by atoms with van der Waals surface area (Å²) < 4.78 is 0. The molecule has 0 N–H and O–H groups in total. The molecule has 0 spiro atoms. The van der Waals surface area contributed by atoms with E-state index in [9.17, 15) is 0 Å².